The van der Waals surface area contributed by atoms with Crippen molar-refractivity contribution in [2.45, 2.75) is 6.42 Å². The largest absolute Gasteiger partial charge is 0.351 e. The summed E-state index contributed by atoms with van der Waals surface area (Å²) in [5.41, 5.74) is 2.30. The van der Waals surface area contributed by atoms with Gasteiger partial charge in [0, 0.05) is 6.54 Å². The molecule has 8 nitrogen and oxygen atoms in total. The fraction of sp³-hybridized carbons (Fsp3) is 0.333. The molecule has 0 saturated carbocycles. The van der Waals surface area contributed by atoms with Gasteiger partial charge in [-0.3, -0.25) is 4.79 Å². The number of nitrogen functional groups attached to an aromatic ring is 1. The van der Waals surface area contributed by atoms with E-state index in [2.05, 4.69) is 15.7 Å². The molecule has 0 spiro atoms. The van der Waals surface area contributed by atoms with Crippen LogP contribution in [0.4, 0.5) is 5.82 Å². The number of nitrogens with two attached hydrogens (primary N) is 2. The number of carbonyl (C=O) groups is 1. The first-order valence-electron chi connectivity index (χ1n) is 5.25. The van der Waals surface area contributed by atoms with Crippen LogP contribution >= 0.6 is 11.6 Å². The number of nitrogens with zero attached hydrogens (tertiary/aromatic N) is 1. The summed E-state index contributed by atoms with van der Waals surface area (Å²) in [5.74, 6) is 4.73. The predicted octanol–water partition coefficient (Wildman–Crippen LogP) is -0.571. The Morgan fingerprint density at radius 1 is 1.42 bits per heavy atom. The molecular formula is C9H14ClN5O3S. The molecule has 0 fully saturated rings. The fourth-order valence-corrected chi connectivity index (χ4v) is 1.98. The van der Waals surface area contributed by atoms with Crippen LogP contribution in [0.1, 0.15) is 16.9 Å². The van der Waals surface area contributed by atoms with Crippen molar-refractivity contribution in [1.29, 1.82) is 0 Å². The van der Waals surface area contributed by atoms with Crippen LogP contribution in [0.15, 0.2) is 12.1 Å². The molecule has 6 N–H and O–H groups in total. The Bertz CT molecular complexity index is 563. The van der Waals surface area contributed by atoms with Crippen molar-refractivity contribution in [3.8, 4) is 0 Å². The second-order valence-electron chi connectivity index (χ2n) is 3.65. The molecule has 106 valence electrons. The minimum Gasteiger partial charge on any atom is -0.351 e. The highest BCUT2D eigenvalue weighted by Gasteiger charge is 2.13. The van der Waals surface area contributed by atoms with Crippen LogP contribution in [0.2, 0.25) is 5.02 Å². The van der Waals surface area contributed by atoms with Crippen LogP contribution in [-0.2, 0) is 10.0 Å². The van der Waals surface area contributed by atoms with Gasteiger partial charge in [-0.15, -0.1) is 0 Å². The zero-order valence-corrected chi connectivity index (χ0v) is 11.5. The van der Waals surface area contributed by atoms with E-state index in [1.54, 1.807) is 0 Å². The maximum Gasteiger partial charge on any atom is 0.271 e. The van der Waals surface area contributed by atoms with E-state index in [0.29, 0.717) is 5.82 Å². The van der Waals surface area contributed by atoms with Crippen molar-refractivity contribution >= 4 is 33.3 Å². The Morgan fingerprint density at radius 3 is 2.68 bits per heavy atom. The van der Waals surface area contributed by atoms with Gasteiger partial charge >= 0.3 is 0 Å². The van der Waals surface area contributed by atoms with Gasteiger partial charge in [0.2, 0.25) is 10.0 Å². The predicted molar refractivity (Wildman–Crippen MR) is 72.0 cm³/mol. The summed E-state index contributed by atoms with van der Waals surface area (Å²) in [6.45, 7) is 0.146. The van der Waals surface area contributed by atoms with E-state index < -0.39 is 15.9 Å². The number of nitrogens with one attached hydrogen (secondary N) is 2. The number of primary sulfonamides is 1. The molecule has 0 saturated heterocycles. The van der Waals surface area contributed by atoms with E-state index >= 15 is 0 Å². The summed E-state index contributed by atoms with van der Waals surface area (Å²) in [5, 5.41) is 7.49. The van der Waals surface area contributed by atoms with Crippen molar-refractivity contribution in [1.82, 2.24) is 10.3 Å². The first-order chi connectivity index (χ1) is 8.83. The molecule has 0 aliphatic heterocycles. The number of halogens is 1. The molecule has 0 atom stereocenters. The molecule has 1 aromatic rings. The molecule has 1 rings (SSSR count). The summed E-state index contributed by atoms with van der Waals surface area (Å²) >= 11 is 5.83. The van der Waals surface area contributed by atoms with Crippen molar-refractivity contribution in [3.05, 3.63) is 22.8 Å². The van der Waals surface area contributed by atoms with Gasteiger partial charge in [0.05, 0.1) is 10.8 Å². The number of carbonyl (C=O) groups excluding carboxylic acids is 1. The third kappa shape index (κ3) is 5.39. The van der Waals surface area contributed by atoms with Crippen molar-refractivity contribution in [3.63, 3.8) is 0 Å². The number of amides is 1. The SMILES string of the molecule is NNc1ccc(Cl)c(C(=O)NCCCS(N)(=O)=O)n1. The van der Waals surface area contributed by atoms with Crippen molar-refractivity contribution in [2.75, 3.05) is 17.7 Å². The minimum atomic E-state index is -3.53. The molecule has 10 heteroatoms. The second kappa shape index (κ2) is 6.66. The van der Waals surface area contributed by atoms with Crippen LogP contribution < -0.4 is 21.7 Å². The summed E-state index contributed by atoms with van der Waals surface area (Å²) < 4.78 is 21.4. The highest BCUT2D eigenvalue weighted by Crippen LogP contribution is 2.15. The molecule has 1 heterocycles. The zero-order chi connectivity index (χ0) is 14.5. The first kappa shape index (κ1) is 15.6. The molecule has 0 unspecified atom stereocenters. The smallest absolute Gasteiger partial charge is 0.271 e. The second-order valence-corrected chi connectivity index (χ2v) is 5.79. The van der Waals surface area contributed by atoms with E-state index in [1.807, 2.05) is 0 Å². The Balaban J connectivity index is 2.58. The number of anilines is 1. The Labute approximate surface area is 115 Å². The number of rotatable bonds is 6. The van der Waals surface area contributed by atoms with Gasteiger partial charge in [-0.2, -0.15) is 0 Å². The summed E-state index contributed by atoms with van der Waals surface area (Å²) in [6, 6.07) is 2.99. The monoisotopic (exact) mass is 307 g/mol. The summed E-state index contributed by atoms with van der Waals surface area (Å²) in [4.78, 5) is 15.6. The number of hydrogen-bond donors (Lipinski definition) is 4. The fourth-order valence-electron chi connectivity index (χ4n) is 1.24. The van der Waals surface area contributed by atoms with Gasteiger partial charge in [0.15, 0.2) is 0 Å². The van der Waals surface area contributed by atoms with Gasteiger partial charge in [0.25, 0.3) is 5.91 Å². The lowest BCUT2D eigenvalue weighted by atomic mass is 10.3. The lowest BCUT2D eigenvalue weighted by Crippen LogP contribution is -2.28. The van der Waals surface area contributed by atoms with Crippen LogP contribution in [-0.4, -0.2) is 31.6 Å². The Morgan fingerprint density at radius 2 is 2.11 bits per heavy atom. The average Bonchev–Trinajstić information content (AvgIpc) is 2.34. The van der Waals surface area contributed by atoms with Crippen molar-refractivity contribution in [2.24, 2.45) is 11.0 Å². The first-order valence-corrected chi connectivity index (χ1v) is 7.34. The standard InChI is InChI=1S/C9H14ClN5O3S/c10-6-2-3-7(15-11)14-8(6)9(16)13-4-1-5-19(12,17)18/h2-3H,1,4-5,11H2,(H,13,16)(H,14,15)(H2,12,17,18). The zero-order valence-electron chi connectivity index (χ0n) is 9.89. The lowest BCUT2D eigenvalue weighted by molar-refractivity contribution is 0.0949. The molecule has 0 aliphatic carbocycles. The van der Waals surface area contributed by atoms with E-state index in [4.69, 9.17) is 22.6 Å². The third-order valence-electron chi connectivity index (χ3n) is 2.10. The van der Waals surface area contributed by atoms with E-state index in [0.717, 1.165) is 0 Å². The molecule has 0 radical (unpaired) electrons. The highest BCUT2D eigenvalue weighted by atomic mass is 35.5. The Hall–Kier alpha value is -1.42. The van der Waals surface area contributed by atoms with Crippen LogP contribution in [0.3, 0.4) is 0 Å². The number of pyridine rings is 1. The normalized spacial score (nSPS) is 11.1. The topological polar surface area (TPSA) is 140 Å². The van der Waals surface area contributed by atoms with Gasteiger partial charge < -0.3 is 10.7 Å². The van der Waals surface area contributed by atoms with Crippen molar-refractivity contribution < 1.29 is 13.2 Å². The minimum absolute atomic E-state index is 0.00715. The number of sulfonamides is 1. The molecular weight excluding hydrogens is 294 g/mol. The van der Waals surface area contributed by atoms with Crippen LogP contribution in [0, 0.1) is 0 Å². The number of hydrazine groups is 1. The molecule has 0 bridgehead atoms. The van der Waals surface area contributed by atoms with E-state index in [1.165, 1.54) is 12.1 Å². The maximum atomic E-state index is 11.8. The van der Waals surface area contributed by atoms with Gasteiger partial charge in [-0.05, 0) is 18.6 Å². The molecule has 19 heavy (non-hydrogen) atoms. The quantitative estimate of drug-likeness (QED) is 0.315. The molecule has 1 aromatic heterocycles. The Kier molecular flexibility index (Phi) is 5.48. The highest BCUT2D eigenvalue weighted by molar-refractivity contribution is 7.89. The molecule has 1 amide bonds. The lowest BCUT2D eigenvalue weighted by Gasteiger charge is -2.07. The summed E-state index contributed by atoms with van der Waals surface area (Å²) in [6.07, 6.45) is 0.205. The summed E-state index contributed by atoms with van der Waals surface area (Å²) in [7, 11) is -3.53. The van der Waals surface area contributed by atoms with Crippen LogP contribution in [0.25, 0.3) is 0 Å². The van der Waals surface area contributed by atoms with Gasteiger partial charge in [-0.1, -0.05) is 11.6 Å². The third-order valence-corrected chi connectivity index (χ3v) is 3.26. The molecule has 0 aliphatic rings. The van der Waals surface area contributed by atoms with Gasteiger partial charge in [-0.25, -0.2) is 24.4 Å². The van der Waals surface area contributed by atoms with Gasteiger partial charge in [0.1, 0.15) is 11.5 Å². The maximum absolute atomic E-state index is 11.8. The number of aromatic nitrogens is 1. The number of hydrogen-bond acceptors (Lipinski definition) is 6. The van der Waals surface area contributed by atoms with Crippen LogP contribution in [0.5, 0.6) is 0 Å². The molecule has 0 aromatic carbocycles. The average molecular weight is 308 g/mol. The van der Waals surface area contributed by atoms with E-state index in [9.17, 15) is 13.2 Å². The van der Waals surface area contributed by atoms with E-state index in [-0.39, 0.29) is 29.4 Å².